The van der Waals surface area contributed by atoms with Crippen molar-refractivity contribution in [2.45, 2.75) is 32.6 Å². The Bertz CT molecular complexity index is 1890. The molecule has 4 rings (SSSR count). The van der Waals surface area contributed by atoms with Crippen LogP contribution in [0.25, 0.3) is 11.1 Å². The van der Waals surface area contributed by atoms with Gasteiger partial charge in [-0.25, -0.2) is 24.0 Å². The first kappa shape index (κ1) is 39.3. The zero-order valence-electron chi connectivity index (χ0n) is 29.4. The van der Waals surface area contributed by atoms with Gasteiger partial charge in [-0.15, -0.1) is 0 Å². The first-order valence-electron chi connectivity index (χ1n) is 16.9. The molecule has 11 nitrogen and oxygen atoms in total. The first-order chi connectivity index (χ1) is 25.7. The summed E-state index contributed by atoms with van der Waals surface area (Å²) in [6.45, 7) is 9.56. The van der Waals surface area contributed by atoms with Crippen molar-refractivity contribution in [3.8, 4) is 28.4 Å². The second kappa shape index (κ2) is 20.4. The van der Waals surface area contributed by atoms with E-state index in [1.165, 1.54) is 6.07 Å². The standard InChI is InChI=1S/C42H40O11/c1-4-38(43)49-25-7-6-24-48-35-19-16-33(17-20-35)41(46)53-37-23-18-34(28-29(37)3)42(47)52-36-21-14-31(15-22-36)30-10-12-32(13-11-30)40(45)51-27-9-8-26-50-39(44)5-2/h4-5,10-23,28H,1-2,6-9,24-27H2,3H3. The third-order valence-electron chi connectivity index (χ3n) is 7.62. The molecule has 0 aliphatic heterocycles. The van der Waals surface area contributed by atoms with E-state index in [-0.39, 0.29) is 18.8 Å². The highest BCUT2D eigenvalue weighted by Crippen LogP contribution is 2.25. The Morgan fingerprint density at radius 2 is 0.962 bits per heavy atom. The van der Waals surface area contributed by atoms with Gasteiger partial charge in [0.15, 0.2) is 0 Å². The molecule has 0 spiro atoms. The monoisotopic (exact) mass is 720 g/mol. The Morgan fingerprint density at radius 3 is 1.53 bits per heavy atom. The van der Waals surface area contributed by atoms with E-state index in [0.717, 1.165) is 23.3 Å². The van der Waals surface area contributed by atoms with Crippen molar-refractivity contribution in [2.24, 2.45) is 0 Å². The number of hydrogen-bond donors (Lipinski definition) is 0. The maximum Gasteiger partial charge on any atom is 0.343 e. The number of carbonyl (C=O) groups excluding carboxylic acids is 5. The molecular formula is C42H40O11. The predicted molar refractivity (Wildman–Crippen MR) is 196 cm³/mol. The van der Waals surface area contributed by atoms with Crippen LogP contribution in [-0.2, 0) is 23.8 Å². The Kier molecular flexibility index (Phi) is 15.1. The molecule has 0 atom stereocenters. The van der Waals surface area contributed by atoms with Crippen LogP contribution in [0.5, 0.6) is 17.2 Å². The van der Waals surface area contributed by atoms with Crippen LogP contribution in [0.2, 0.25) is 0 Å². The van der Waals surface area contributed by atoms with Crippen LogP contribution < -0.4 is 14.2 Å². The number of ether oxygens (including phenoxy) is 6. The second-order valence-electron chi connectivity index (χ2n) is 11.5. The number of hydrogen-bond acceptors (Lipinski definition) is 11. The highest BCUT2D eigenvalue weighted by atomic mass is 16.5. The molecule has 53 heavy (non-hydrogen) atoms. The molecule has 0 bridgehead atoms. The fraction of sp³-hybridized carbons (Fsp3) is 0.214. The van der Waals surface area contributed by atoms with Gasteiger partial charge in [-0.05, 0) is 116 Å². The van der Waals surface area contributed by atoms with Gasteiger partial charge in [0.2, 0.25) is 0 Å². The number of esters is 5. The lowest BCUT2D eigenvalue weighted by Gasteiger charge is -2.11. The number of unbranched alkanes of at least 4 members (excludes halogenated alkanes) is 2. The van der Waals surface area contributed by atoms with Gasteiger partial charge in [0, 0.05) is 12.2 Å². The Balaban J connectivity index is 1.22. The Hall–Kier alpha value is -6.49. The first-order valence-corrected chi connectivity index (χ1v) is 16.9. The minimum Gasteiger partial charge on any atom is -0.494 e. The van der Waals surface area contributed by atoms with Crippen LogP contribution in [0, 0.1) is 6.92 Å². The lowest BCUT2D eigenvalue weighted by molar-refractivity contribution is -0.138. The summed E-state index contributed by atoms with van der Waals surface area (Å²) in [5, 5.41) is 0. The summed E-state index contributed by atoms with van der Waals surface area (Å²) < 4.78 is 31.9. The molecule has 0 aromatic heterocycles. The highest BCUT2D eigenvalue weighted by molar-refractivity contribution is 5.93. The Labute approximate surface area is 307 Å². The third-order valence-corrected chi connectivity index (χ3v) is 7.62. The van der Waals surface area contributed by atoms with E-state index in [1.807, 2.05) is 0 Å². The molecule has 4 aromatic rings. The van der Waals surface area contributed by atoms with Crippen molar-refractivity contribution in [1.29, 1.82) is 0 Å². The molecule has 0 saturated heterocycles. The summed E-state index contributed by atoms with van der Waals surface area (Å²) in [5.74, 6) is -1.30. The minimum absolute atomic E-state index is 0.207. The largest absolute Gasteiger partial charge is 0.494 e. The van der Waals surface area contributed by atoms with Crippen LogP contribution >= 0.6 is 0 Å². The number of carbonyl (C=O) groups is 5. The SMILES string of the molecule is C=CC(=O)OCCCCOC(=O)c1ccc(-c2ccc(OC(=O)c3ccc(OC(=O)c4ccc(OCCCCOC(=O)C=C)cc4)c(C)c3)cc2)cc1. The molecule has 0 fully saturated rings. The Morgan fingerprint density at radius 1 is 0.509 bits per heavy atom. The molecular weight excluding hydrogens is 680 g/mol. The topological polar surface area (TPSA) is 141 Å². The fourth-order valence-electron chi connectivity index (χ4n) is 4.73. The fourth-order valence-corrected chi connectivity index (χ4v) is 4.73. The molecule has 0 saturated carbocycles. The zero-order chi connectivity index (χ0) is 38.0. The van der Waals surface area contributed by atoms with Crippen LogP contribution in [0.3, 0.4) is 0 Å². The van der Waals surface area contributed by atoms with Gasteiger partial charge in [0.25, 0.3) is 0 Å². The zero-order valence-corrected chi connectivity index (χ0v) is 29.4. The van der Waals surface area contributed by atoms with Crippen LogP contribution in [0.4, 0.5) is 0 Å². The van der Waals surface area contributed by atoms with Crippen LogP contribution in [0.1, 0.15) is 62.3 Å². The van der Waals surface area contributed by atoms with Gasteiger partial charge >= 0.3 is 29.8 Å². The van der Waals surface area contributed by atoms with Gasteiger partial charge in [-0.3, -0.25) is 0 Å². The second-order valence-corrected chi connectivity index (χ2v) is 11.5. The molecule has 0 aliphatic rings. The van der Waals surface area contributed by atoms with E-state index < -0.39 is 29.8 Å². The van der Waals surface area contributed by atoms with Gasteiger partial charge in [-0.1, -0.05) is 37.4 Å². The normalized spacial score (nSPS) is 10.4. The summed E-state index contributed by atoms with van der Waals surface area (Å²) in [6.07, 6.45) is 4.67. The van der Waals surface area contributed by atoms with Gasteiger partial charge < -0.3 is 28.4 Å². The molecule has 0 unspecified atom stereocenters. The summed E-state index contributed by atoms with van der Waals surface area (Å²) in [7, 11) is 0. The van der Waals surface area contributed by atoms with Crippen molar-refractivity contribution in [3.63, 3.8) is 0 Å². The summed E-state index contributed by atoms with van der Waals surface area (Å²) in [6, 6.07) is 25.1. The summed E-state index contributed by atoms with van der Waals surface area (Å²) in [4.78, 5) is 60.1. The molecule has 0 N–H and O–H groups in total. The molecule has 0 heterocycles. The van der Waals surface area contributed by atoms with Gasteiger partial charge in [0.1, 0.15) is 17.2 Å². The van der Waals surface area contributed by atoms with Crippen LogP contribution in [-0.4, -0.2) is 56.3 Å². The van der Waals surface area contributed by atoms with E-state index >= 15 is 0 Å². The summed E-state index contributed by atoms with van der Waals surface area (Å²) in [5.41, 5.74) is 3.29. The van der Waals surface area contributed by atoms with E-state index in [2.05, 4.69) is 13.2 Å². The smallest absolute Gasteiger partial charge is 0.343 e. The van der Waals surface area contributed by atoms with Gasteiger partial charge in [-0.2, -0.15) is 0 Å². The molecule has 4 aromatic carbocycles. The van der Waals surface area contributed by atoms with E-state index in [0.29, 0.717) is 72.8 Å². The highest BCUT2D eigenvalue weighted by Gasteiger charge is 2.15. The number of benzene rings is 4. The molecule has 0 amide bonds. The van der Waals surface area contributed by atoms with E-state index in [9.17, 15) is 24.0 Å². The van der Waals surface area contributed by atoms with Crippen molar-refractivity contribution in [3.05, 3.63) is 139 Å². The van der Waals surface area contributed by atoms with E-state index in [4.69, 9.17) is 28.4 Å². The van der Waals surface area contributed by atoms with Gasteiger partial charge in [0.05, 0.1) is 43.1 Å². The van der Waals surface area contributed by atoms with Crippen molar-refractivity contribution in [2.75, 3.05) is 26.4 Å². The molecule has 0 radical (unpaired) electrons. The predicted octanol–water partition coefficient (Wildman–Crippen LogP) is 7.65. The number of aryl methyl sites for hydroxylation is 1. The quantitative estimate of drug-likeness (QED) is 0.0310. The third kappa shape index (κ3) is 12.7. The van der Waals surface area contributed by atoms with Crippen molar-refractivity contribution in [1.82, 2.24) is 0 Å². The minimum atomic E-state index is -0.576. The molecule has 11 heteroatoms. The average Bonchev–Trinajstić information content (AvgIpc) is 3.18. The maximum absolute atomic E-state index is 12.9. The molecule has 274 valence electrons. The van der Waals surface area contributed by atoms with E-state index in [1.54, 1.807) is 91.9 Å². The summed E-state index contributed by atoms with van der Waals surface area (Å²) >= 11 is 0. The molecule has 0 aliphatic carbocycles. The average molecular weight is 721 g/mol. The maximum atomic E-state index is 12.9. The van der Waals surface area contributed by atoms with Crippen molar-refractivity contribution >= 4 is 29.8 Å². The van der Waals surface area contributed by atoms with Crippen LogP contribution in [0.15, 0.2) is 116 Å². The number of rotatable bonds is 19. The lowest BCUT2D eigenvalue weighted by Crippen LogP contribution is -2.11. The lowest BCUT2D eigenvalue weighted by atomic mass is 10.0. The van der Waals surface area contributed by atoms with Crippen molar-refractivity contribution < 1.29 is 52.4 Å².